The Kier molecular flexibility index (Phi) is 5.65. The van der Waals surface area contributed by atoms with Crippen LogP contribution in [0.15, 0.2) is 0 Å². The van der Waals surface area contributed by atoms with Crippen molar-refractivity contribution in [2.75, 3.05) is 32.8 Å². The van der Waals surface area contributed by atoms with Crippen molar-refractivity contribution < 1.29 is 9.53 Å². The van der Waals surface area contributed by atoms with Gasteiger partial charge in [0.2, 0.25) is 5.91 Å². The molecule has 1 fully saturated rings. The van der Waals surface area contributed by atoms with Gasteiger partial charge in [-0.15, -0.1) is 0 Å². The molecule has 1 aliphatic rings. The van der Waals surface area contributed by atoms with E-state index in [1.54, 1.807) is 0 Å². The summed E-state index contributed by atoms with van der Waals surface area (Å²) in [5.41, 5.74) is 5.60. The van der Waals surface area contributed by atoms with Crippen molar-refractivity contribution in [2.24, 2.45) is 11.7 Å². The fraction of sp³-hybridized carbons (Fsp3) is 0.909. The van der Waals surface area contributed by atoms with Crippen LogP contribution in [0.25, 0.3) is 0 Å². The predicted molar refractivity (Wildman–Crippen MR) is 59.5 cm³/mol. The minimum Gasteiger partial charge on any atom is -0.381 e. The van der Waals surface area contributed by atoms with Gasteiger partial charge in [-0.05, 0) is 32.2 Å². The number of ether oxygens (including phenoxy) is 1. The predicted octanol–water partition coefficient (Wildman–Crippen LogP) is 0.610. The average molecular weight is 214 g/mol. The summed E-state index contributed by atoms with van der Waals surface area (Å²) in [7, 11) is 0. The Morgan fingerprint density at radius 1 is 1.47 bits per heavy atom. The monoisotopic (exact) mass is 214 g/mol. The van der Waals surface area contributed by atoms with Crippen molar-refractivity contribution in [2.45, 2.75) is 26.2 Å². The first-order valence-electron chi connectivity index (χ1n) is 5.83. The molecule has 0 bridgehead atoms. The normalized spacial score (nSPS) is 18.1. The lowest BCUT2D eigenvalue weighted by molar-refractivity contribution is -0.133. The van der Waals surface area contributed by atoms with Crippen LogP contribution in [0.2, 0.25) is 0 Å². The number of carbonyl (C=O) groups excluding carboxylic acids is 1. The molecule has 1 amide bonds. The van der Waals surface area contributed by atoms with Gasteiger partial charge in [0, 0.05) is 19.7 Å². The van der Waals surface area contributed by atoms with Crippen LogP contribution in [0.4, 0.5) is 0 Å². The SMILES string of the molecule is CCOCCC(=O)N1CCC(CN)CC1. The van der Waals surface area contributed by atoms with Gasteiger partial charge < -0.3 is 15.4 Å². The van der Waals surface area contributed by atoms with E-state index in [9.17, 15) is 4.79 Å². The number of piperidine rings is 1. The Labute approximate surface area is 91.8 Å². The fourth-order valence-electron chi connectivity index (χ4n) is 1.88. The Hall–Kier alpha value is -0.610. The highest BCUT2D eigenvalue weighted by molar-refractivity contribution is 5.76. The van der Waals surface area contributed by atoms with E-state index >= 15 is 0 Å². The molecule has 0 aliphatic carbocycles. The number of nitrogens with two attached hydrogens (primary N) is 1. The summed E-state index contributed by atoms with van der Waals surface area (Å²) in [6, 6.07) is 0. The van der Waals surface area contributed by atoms with E-state index < -0.39 is 0 Å². The summed E-state index contributed by atoms with van der Waals surface area (Å²) in [6.07, 6.45) is 2.62. The van der Waals surface area contributed by atoms with E-state index in [1.165, 1.54) is 0 Å². The summed E-state index contributed by atoms with van der Waals surface area (Å²) >= 11 is 0. The molecule has 0 atom stereocenters. The molecule has 4 nitrogen and oxygen atoms in total. The van der Waals surface area contributed by atoms with Gasteiger partial charge in [-0.2, -0.15) is 0 Å². The van der Waals surface area contributed by atoms with Crippen LogP contribution in [-0.2, 0) is 9.53 Å². The number of amides is 1. The number of nitrogens with zero attached hydrogens (tertiary/aromatic N) is 1. The van der Waals surface area contributed by atoms with Crippen molar-refractivity contribution in [3.63, 3.8) is 0 Å². The quantitative estimate of drug-likeness (QED) is 0.682. The first-order valence-corrected chi connectivity index (χ1v) is 5.83. The molecule has 0 radical (unpaired) electrons. The molecule has 2 N–H and O–H groups in total. The second-order valence-corrected chi connectivity index (χ2v) is 4.01. The number of carbonyl (C=O) groups is 1. The second kappa shape index (κ2) is 6.80. The molecule has 0 unspecified atom stereocenters. The molecular formula is C11H22N2O2. The molecule has 0 aromatic carbocycles. The molecule has 4 heteroatoms. The number of likely N-dealkylation sites (tertiary alicyclic amines) is 1. The number of rotatable bonds is 5. The zero-order chi connectivity index (χ0) is 11.1. The summed E-state index contributed by atoms with van der Waals surface area (Å²) in [6.45, 7) is 5.66. The Bertz CT molecular complexity index is 189. The molecule has 0 aromatic rings. The number of hydrogen-bond donors (Lipinski definition) is 1. The highest BCUT2D eigenvalue weighted by Gasteiger charge is 2.21. The van der Waals surface area contributed by atoms with Gasteiger partial charge in [-0.3, -0.25) is 4.79 Å². The summed E-state index contributed by atoms with van der Waals surface area (Å²) in [4.78, 5) is 13.6. The molecule has 15 heavy (non-hydrogen) atoms. The molecule has 88 valence electrons. The van der Waals surface area contributed by atoms with Crippen molar-refractivity contribution in [3.8, 4) is 0 Å². The Morgan fingerprint density at radius 2 is 2.13 bits per heavy atom. The highest BCUT2D eigenvalue weighted by Crippen LogP contribution is 2.16. The van der Waals surface area contributed by atoms with Gasteiger partial charge in [0.05, 0.1) is 13.0 Å². The maximum absolute atomic E-state index is 11.7. The zero-order valence-corrected chi connectivity index (χ0v) is 9.58. The summed E-state index contributed by atoms with van der Waals surface area (Å²) in [5, 5.41) is 0. The molecular weight excluding hydrogens is 192 g/mol. The third kappa shape index (κ3) is 4.18. The van der Waals surface area contributed by atoms with Crippen LogP contribution >= 0.6 is 0 Å². The molecule has 0 spiro atoms. The lowest BCUT2D eigenvalue weighted by atomic mass is 9.97. The van der Waals surface area contributed by atoms with E-state index in [-0.39, 0.29) is 5.91 Å². The lowest BCUT2D eigenvalue weighted by Crippen LogP contribution is -2.40. The van der Waals surface area contributed by atoms with Gasteiger partial charge in [-0.25, -0.2) is 0 Å². The topological polar surface area (TPSA) is 55.6 Å². The van der Waals surface area contributed by atoms with Crippen molar-refractivity contribution in [1.29, 1.82) is 0 Å². The van der Waals surface area contributed by atoms with Crippen LogP contribution in [0.1, 0.15) is 26.2 Å². The zero-order valence-electron chi connectivity index (χ0n) is 9.58. The average Bonchev–Trinajstić information content (AvgIpc) is 2.29. The van der Waals surface area contributed by atoms with E-state index in [0.29, 0.717) is 25.6 Å². The van der Waals surface area contributed by atoms with Crippen LogP contribution in [0.5, 0.6) is 0 Å². The van der Waals surface area contributed by atoms with Crippen molar-refractivity contribution >= 4 is 5.91 Å². The van der Waals surface area contributed by atoms with Gasteiger partial charge in [-0.1, -0.05) is 0 Å². The van der Waals surface area contributed by atoms with Gasteiger partial charge >= 0.3 is 0 Å². The van der Waals surface area contributed by atoms with Crippen LogP contribution in [0, 0.1) is 5.92 Å². The maximum Gasteiger partial charge on any atom is 0.224 e. The molecule has 0 saturated carbocycles. The first kappa shape index (κ1) is 12.5. The van der Waals surface area contributed by atoms with Crippen LogP contribution < -0.4 is 5.73 Å². The van der Waals surface area contributed by atoms with E-state index in [4.69, 9.17) is 10.5 Å². The second-order valence-electron chi connectivity index (χ2n) is 4.01. The van der Waals surface area contributed by atoms with E-state index in [0.717, 1.165) is 32.5 Å². The maximum atomic E-state index is 11.7. The minimum absolute atomic E-state index is 0.221. The third-order valence-electron chi connectivity index (χ3n) is 2.96. The minimum atomic E-state index is 0.221. The van der Waals surface area contributed by atoms with Gasteiger partial charge in [0.25, 0.3) is 0 Å². The summed E-state index contributed by atoms with van der Waals surface area (Å²) < 4.78 is 5.17. The standard InChI is InChI=1S/C11H22N2O2/c1-2-15-8-5-11(14)13-6-3-10(9-12)4-7-13/h10H,2-9,12H2,1H3. The Morgan fingerprint density at radius 3 is 2.67 bits per heavy atom. The molecule has 1 rings (SSSR count). The van der Waals surface area contributed by atoms with Crippen LogP contribution in [0.3, 0.4) is 0 Å². The fourth-order valence-corrected chi connectivity index (χ4v) is 1.88. The third-order valence-corrected chi connectivity index (χ3v) is 2.96. The van der Waals surface area contributed by atoms with Gasteiger partial charge in [0.15, 0.2) is 0 Å². The van der Waals surface area contributed by atoms with Gasteiger partial charge in [0.1, 0.15) is 0 Å². The molecule has 1 heterocycles. The molecule has 1 aliphatic heterocycles. The van der Waals surface area contributed by atoms with Crippen molar-refractivity contribution in [3.05, 3.63) is 0 Å². The first-order chi connectivity index (χ1) is 7.27. The highest BCUT2D eigenvalue weighted by atomic mass is 16.5. The van der Waals surface area contributed by atoms with Crippen molar-refractivity contribution in [1.82, 2.24) is 4.90 Å². The Balaban J connectivity index is 2.18. The van der Waals surface area contributed by atoms with E-state index in [1.807, 2.05) is 11.8 Å². The largest absolute Gasteiger partial charge is 0.381 e. The van der Waals surface area contributed by atoms with E-state index in [2.05, 4.69) is 0 Å². The van der Waals surface area contributed by atoms with Crippen LogP contribution in [-0.4, -0.2) is 43.7 Å². The number of hydrogen-bond acceptors (Lipinski definition) is 3. The smallest absolute Gasteiger partial charge is 0.224 e. The lowest BCUT2D eigenvalue weighted by Gasteiger charge is -2.31. The molecule has 1 saturated heterocycles. The summed E-state index contributed by atoms with van der Waals surface area (Å²) in [5.74, 6) is 0.833. The molecule has 0 aromatic heterocycles.